The molecule has 2 aromatic carbocycles. The molecule has 0 aromatic heterocycles. The Bertz CT molecular complexity index is 1140. The maximum Gasteiger partial charge on any atom is 0.251 e. The topological polar surface area (TPSA) is 140 Å². The Morgan fingerprint density at radius 1 is 0.939 bits per heavy atom. The zero-order chi connectivity index (χ0) is 23.9. The van der Waals surface area contributed by atoms with Crippen LogP contribution in [0.15, 0.2) is 58.3 Å². The molecule has 3 N–H and O–H groups in total. The second-order valence-corrected chi connectivity index (χ2v) is 10.9. The van der Waals surface area contributed by atoms with Gasteiger partial charge in [-0.05, 0) is 61.4 Å². The zero-order valence-electron chi connectivity index (χ0n) is 18.1. The van der Waals surface area contributed by atoms with Gasteiger partial charge in [-0.15, -0.1) is 0 Å². The predicted octanol–water partition coefficient (Wildman–Crippen LogP) is 0.861. The molecule has 33 heavy (non-hydrogen) atoms. The lowest BCUT2D eigenvalue weighted by atomic mass is 10.2. The number of amides is 1. The van der Waals surface area contributed by atoms with Gasteiger partial charge >= 0.3 is 0 Å². The fraction of sp³-hybridized carbons (Fsp3) is 0.381. The van der Waals surface area contributed by atoms with Crippen LogP contribution in [0, 0.1) is 0 Å². The highest BCUT2D eigenvalue weighted by Gasteiger charge is 2.20. The van der Waals surface area contributed by atoms with E-state index in [0.29, 0.717) is 12.4 Å². The Hall–Kier alpha value is -2.51. The van der Waals surface area contributed by atoms with Crippen molar-refractivity contribution in [2.45, 2.75) is 28.7 Å². The summed E-state index contributed by atoms with van der Waals surface area (Å²) < 4.78 is 64.7. The third-order valence-corrected chi connectivity index (χ3v) is 7.94. The summed E-state index contributed by atoms with van der Waals surface area (Å²) in [5.41, 5.74) is 0.256. The molecule has 180 valence electrons. The Kier molecular flexibility index (Phi) is 8.43. The SMILES string of the molecule is COc1ccc(S(=O)(=O)NCCNC(=O)c2ccc(S(=O)(=O)NCC3CCCO3)cc2)cc1. The molecule has 0 spiro atoms. The number of carbonyl (C=O) groups excluding carboxylic acids is 1. The van der Waals surface area contributed by atoms with Crippen LogP contribution in [0.25, 0.3) is 0 Å². The number of hydrogen-bond acceptors (Lipinski definition) is 7. The molecule has 1 fully saturated rings. The quantitative estimate of drug-likeness (QED) is 0.391. The first-order valence-corrected chi connectivity index (χ1v) is 13.3. The Balaban J connectivity index is 1.47. The number of sulfonamides is 2. The third-order valence-electron chi connectivity index (χ3n) is 5.02. The highest BCUT2D eigenvalue weighted by Crippen LogP contribution is 2.16. The minimum atomic E-state index is -3.72. The van der Waals surface area contributed by atoms with Crippen LogP contribution in [0.5, 0.6) is 5.75 Å². The minimum Gasteiger partial charge on any atom is -0.497 e. The maximum atomic E-state index is 12.4. The van der Waals surface area contributed by atoms with Crippen LogP contribution in [-0.2, 0) is 24.8 Å². The van der Waals surface area contributed by atoms with E-state index in [-0.39, 0.29) is 41.1 Å². The number of rotatable bonds is 11. The van der Waals surface area contributed by atoms with Gasteiger partial charge < -0.3 is 14.8 Å². The molecule has 1 amide bonds. The molecule has 1 saturated heterocycles. The van der Waals surface area contributed by atoms with E-state index in [4.69, 9.17) is 9.47 Å². The average Bonchev–Trinajstić information content (AvgIpc) is 3.34. The van der Waals surface area contributed by atoms with Gasteiger partial charge in [0.05, 0.1) is 23.0 Å². The smallest absolute Gasteiger partial charge is 0.251 e. The molecule has 0 bridgehead atoms. The minimum absolute atomic E-state index is 0.0142. The number of benzene rings is 2. The summed E-state index contributed by atoms with van der Waals surface area (Å²) in [5.74, 6) is 0.0913. The molecule has 0 saturated carbocycles. The van der Waals surface area contributed by atoms with Crippen molar-refractivity contribution in [2.24, 2.45) is 0 Å². The van der Waals surface area contributed by atoms with E-state index < -0.39 is 26.0 Å². The van der Waals surface area contributed by atoms with Crippen LogP contribution in [0.2, 0.25) is 0 Å². The van der Waals surface area contributed by atoms with E-state index in [1.54, 1.807) is 0 Å². The van der Waals surface area contributed by atoms with Gasteiger partial charge in [-0.1, -0.05) is 0 Å². The highest BCUT2D eigenvalue weighted by atomic mass is 32.2. The van der Waals surface area contributed by atoms with Gasteiger partial charge in [-0.25, -0.2) is 26.3 Å². The van der Waals surface area contributed by atoms with Crippen molar-refractivity contribution < 1.29 is 31.1 Å². The van der Waals surface area contributed by atoms with Crippen LogP contribution in [0.4, 0.5) is 0 Å². The lowest BCUT2D eigenvalue weighted by Gasteiger charge is -2.12. The standard InChI is InChI=1S/C21H27N3O7S2/c1-30-17-6-10-20(11-7-17)32(26,27)23-13-12-22-21(25)16-4-8-19(9-5-16)33(28,29)24-15-18-3-2-14-31-18/h4-11,18,23-24H,2-3,12-15H2,1H3,(H,22,25). The van der Waals surface area contributed by atoms with Crippen molar-refractivity contribution in [1.29, 1.82) is 0 Å². The van der Waals surface area contributed by atoms with E-state index in [0.717, 1.165) is 12.8 Å². The lowest BCUT2D eigenvalue weighted by molar-refractivity contribution is 0.0954. The van der Waals surface area contributed by atoms with Gasteiger partial charge in [0.2, 0.25) is 20.0 Å². The van der Waals surface area contributed by atoms with Gasteiger partial charge in [-0.2, -0.15) is 0 Å². The number of hydrogen-bond donors (Lipinski definition) is 3. The first-order valence-electron chi connectivity index (χ1n) is 10.3. The second-order valence-electron chi connectivity index (χ2n) is 7.34. The second kappa shape index (κ2) is 11.1. The molecule has 0 radical (unpaired) electrons. The van der Waals surface area contributed by atoms with Crippen LogP contribution in [-0.4, -0.2) is 62.2 Å². The van der Waals surface area contributed by atoms with Crippen LogP contribution < -0.4 is 19.5 Å². The van der Waals surface area contributed by atoms with Gasteiger partial charge in [-0.3, -0.25) is 4.79 Å². The molecule has 0 aliphatic carbocycles. The van der Waals surface area contributed by atoms with Gasteiger partial charge in [0.1, 0.15) is 5.75 Å². The van der Waals surface area contributed by atoms with E-state index >= 15 is 0 Å². The Morgan fingerprint density at radius 3 is 2.12 bits per heavy atom. The number of carbonyl (C=O) groups is 1. The molecule has 10 nitrogen and oxygen atoms in total. The molecular weight excluding hydrogens is 470 g/mol. The number of nitrogens with one attached hydrogen (secondary N) is 3. The van der Waals surface area contributed by atoms with E-state index in [1.807, 2.05) is 0 Å². The molecular formula is C21H27N3O7S2. The molecule has 1 aliphatic heterocycles. The van der Waals surface area contributed by atoms with Gasteiger partial charge in [0, 0.05) is 31.8 Å². The summed E-state index contributed by atoms with van der Waals surface area (Å²) in [6, 6.07) is 11.4. The molecule has 1 unspecified atom stereocenters. The largest absolute Gasteiger partial charge is 0.497 e. The maximum absolute atomic E-state index is 12.4. The predicted molar refractivity (Wildman–Crippen MR) is 121 cm³/mol. The summed E-state index contributed by atoms with van der Waals surface area (Å²) in [7, 11) is -5.94. The fourth-order valence-corrected chi connectivity index (χ4v) is 5.28. The summed E-state index contributed by atoms with van der Waals surface area (Å²) in [6.07, 6.45) is 1.61. The summed E-state index contributed by atoms with van der Waals surface area (Å²) in [6.45, 7) is 0.882. The summed E-state index contributed by atoms with van der Waals surface area (Å²) >= 11 is 0. The van der Waals surface area contributed by atoms with Crippen molar-refractivity contribution in [2.75, 3.05) is 33.4 Å². The molecule has 1 aliphatic rings. The van der Waals surface area contributed by atoms with E-state index in [2.05, 4.69) is 14.8 Å². The van der Waals surface area contributed by atoms with Crippen molar-refractivity contribution >= 4 is 26.0 Å². The normalized spacial score (nSPS) is 16.5. The first-order chi connectivity index (χ1) is 15.7. The average molecular weight is 498 g/mol. The third kappa shape index (κ3) is 6.98. The molecule has 1 heterocycles. The molecule has 12 heteroatoms. The lowest BCUT2D eigenvalue weighted by Crippen LogP contribution is -2.34. The number of methoxy groups -OCH3 is 1. The molecule has 2 aromatic rings. The monoisotopic (exact) mass is 497 g/mol. The van der Waals surface area contributed by atoms with Crippen LogP contribution in [0.3, 0.4) is 0 Å². The van der Waals surface area contributed by atoms with Crippen molar-refractivity contribution in [3.63, 3.8) is 0 Å². The summed E-state index contributed by atoms with van der Waals surface area (Å²) in [5, 5.41) is 2.59. The van der Waals surface area contributed by atoms with Gasteiger partial charge in [0.25, 0.3) is 5.91 Å². The molecule has 1 atom stereocenters. The Labute approximate surface area is 193 Å². The highest BCUT2D eigenvalue weighted by molar-refractivity contribution is 7.89. The van der Waals surface area contributed by atoms with Crippen molar-refractivity contribution in [3.05, 3.63) is 54.1 Å². The van der Waals surface area contributed by atoms with Crippen molar-refractivity contribution in [1.82, 2.24) is 14.8 Å². The van der Waals surface area contributed by atoms with Crippen molar-refractivity contribution in [3.8, 4) is 5.75 Å². The first kappa shape index (κ1) is 25.1. The Morgan fingerprint density at radius 2 is 1.55 bits per heavy atom. The van der Waals surface area contributed by atoms with Crippen LogP contribution >= 0.6 is 0 Å². The fourth-order valence-electron chi connectivity index (χ4n) is 3.18. The summed E-state index contributed by atoms with van der Waals surface area (Å²) in [4.78, 5) is 12.4. The zero-order valence-corrected chi connectivity index (χ0v) is 19.7. The molecule has 3 rings (SSSR count). The van der Waals surface area contributed by atoms with Gasteiger partial charge in [0.15, 0.2) is 0 Å². The van der Waals surface area contributed by atoms with Crippen LogP contribution in [0.1, 0.15) is 23.2 Å². The van der Waals surface area contributed by atoms with E-state index in [9.17, 15) is 21.6 Å². The number of ether oxygens (including phenoxy) is 2. The van der Waals surface area contributed by atoms with E-state index in [1.165, 1.54) is 55.6 Å².